The van der Waals surface area contributed by atoms with Crippen LogP contribution in [0.4, 0.5) is 0 Å². The van der Waals surface area contributed by atoms with E-state index in [4.69, 9.17) is 14.2 Å². The van der Waals surface area contributed by atoms with Crippen molar-refractivity contribution in [1.29, 1.82) is 0 Å². The van der Waals surface area contributed by atoms with E-state index in [9.17, 15) is 4.79 Å². The van der Waals surface area contributed by atoms with E-state index in [1.54, 1.807) is 0 Å². The van der Waals surface area contributed by atoms with Gasteiger partial charge in [-0.25, -0.2) is 0 Å². The second-order valence-corrected chi connectivity index (χ2v) is 7.01. The Morgan fingerprint density at radius 2 is 1.54 bits per heavy atom. The van der Waals surface area contributed by atoms with Gasteiger partial charge < -0.3 is 19.5 Å². The number of nitrogens with one attached hydrogen (secondary N) is 1. The third-order valence-corrected chi connectivity index (χ3v) is 4.89. The van der Waals surface area contributed by atoms with Gasteiger partial charge in [-0.1, -0.05) is 74.0 Å². The predicted molar refractivity (Wildman–Crippen MR) is 107 cm³/mol. The molecule has 2 aromatic rings. The highest BCUT2D eigenvalue weighted by Crippen LogP contribution is 2.25. The third-order valence-electron chi connectivity index (χ3n) is 4.89. The molecule has 0 saturated carbocycles. The highest BCUT2D eigenvalue weighted by molar-refractivity contribution is 5.76. The fourth-order valence-corrected chi connectivity index (χ4v) is 3.19. The molecule has 1 heterocycles. The summed E-state index contributed by atoms with van der Waals surface area (Å²) in [7, 11) is 0. The SMILES string of the molecule is CCC(OCc1ccccc1)(OCc1ccccc1)OC(=O)C1CCCCN1. The van der Waals surface area contributed by atoms with Gasteiger partial charge in [0, 0.05) is 6.42 Å². The standard InChI is InChI=1S/C23H29NO4/c1-2-23(26-17-19-11-5-3-6-12-19,27-18-20-13-7-4-8-14-20)28-22(25)21-15-9-10-16-24-21/h3-8,11-14,21,24H,2,9-10,15-18H2,1H3. The lowest BCUT2D eigenvalue weighted by Crippen LogP contribution is -2.48. The molecule has 5 heteroatoms. The summed E-state index contributed by atoms with van der Waals surface area (Å²) in [6.45, 7) is 3.33. The van der Waals surface area contributed by atoms with E-state index in [0.717, 1.165) is 36.9 Å². The van der Waals surface area contributed by atoms with Crippen LogP contribution in [0.25, 0.3) is 0 Å². The van der Waals surface area contributed by atoms with E-state index < -0.39 is 5.97 Å². The molecule has 1 atom stereocenters. The van der Waals surface area contributed by atoms with Gasteiger partial charge >= 0.3 is 11.9 Å². The molecule has 3 rings (SSSR count). The molecule has 0 spiro atoms. The lowest BCUT2D eigenvalue weighted by atomic mass is 10.1. The molecule has 1 N–H and O–H groups in total. The van der Waals surface area contributed by atoms with Crippen LogP contribution in [0.2, 0.25) is 0 Å². The molecule has 1 fully saturated rings. The summed E-state index contributed by atoms with van der Waals surface area (Å²) in [6, 6.07) is 19.3. The van der Waals surface area contributed by atoms with Crippen molar-refractivity contribution in [2.24, 2.45) is 0 Å². The molecule has 0 aromatic heterocycles. The maximum absolute atomic E-state index is 12.8. The Morgan fingerprint density at radius 1 is 0.964 bits per heavy atom. The number of benzene rings is 2. The fraction of sp³-hybridized carbons (Fsp3) is 0.435. The van der Waals surface area contributed by atoms with Gasteiger partial charge in [-0.3, -0.25) is 4.79 Å². The van der Waals surface area contributed by atoms with Crippen LogP contribution >= 0.6 is 0 Å². The van der Waals surface area contributed by atoms with Gasteiger partial charge in [0.15, 0.2) is 0 Å². The van der Waals surface area contributed by atoms with Gasteiger partial charge in [0.1, 0.15) is 6.04 Å². The first kappa shape index (κ1) is 20.5. The van der Waals surface area contributed by atoms with E-state index in [1.165, 1.54) is 0 Å². The second kappa shape index (κ2) is 10.4. The lowest BCUT2D eigenvalue weighted by Gasteiger charge is -2.34. The molecule has 0 bridgehead atoms. The summed E-state index contributed by atoms with van der Waals surface area (Å²) in [6.07, 6.45) is 3.26. The number of piperidine rings is 1. The van der Waals surface area contributed by atoms with E-state index in [0.29, 0.717) is 19.6 Å². The number of esters is 1. The van der Waals surface area contributed by atoms with Gasteiger partial charge in [-0.2, -0.15) is 0 Å². The average Bonchev–Trinajstić information content (AvgIpc) is 2.78. The van der Waals surface area contributed by atoms with Crippen LogP contribution in [0.15, 0.2) is 60.7 Å². The Hall–Kier alpha value is -2.21. The van der Waals surface area contributed by atoms with Crippen molar-refractivity contribution < 1.29 is 19.0 Å². The van der Waals surface area contributed by atoms with Gasteiger partial charge in [0.25, 0.3) is 0 Å². The van der Waals surface area contributed by atoms with Crippen molar-refractivity contribution in [3.8, 4) is 0 Å². The molecule has 0 aliphatic carbocycles. The third kappa shape index (κ3) is 5.89. The minimum Gasteiger partial charge on any atom is -0.407 e. The van der Waals surface area contributed by atoms with Crippen LogP contribution < -0.4 is 5.32 Å². The quantitative estimate of drug-likeness (QED) is 0.520. The molecule has 0 amide bonds. The summed E-state index contributed by atoms with van der Waals surface area (Å²) in [5.41, 5.74) is 1.99. The number of hydrogen-bond acceptors (Lipinski definition) is 5. The molecule has 1 saturated heterocycles. The van der Waals surface area contributed by atoms with Crippen molar-refractivity contribution >= 4 is 5.97 Å². The number of ether oxygens (including phenoxy) is 3. The minimum atomic E-state index is -1.41. The predicted octanol–water partition coefficient (Wildman–Crippen LogP) is 4.17. The maximum Gasteiger partial charge on any atom is 0.329 e. The number of rotatable bonds is 9. The van der Waals surface area contributed by atoms with Gasteiger partial charge in [0.05, 0.1) is 13.2 Å². The zero-order valence-corrected chi connectivity index (χ0v) is 16.4. The van der Waals surface area contributed by atoms with Crippen LogP contribution in [-0.2, 0) is 32.2 Å². The van der Waals surface area contributed by atoms with Crippen molar-refractivity contribution in [2.45, 2.75) is 57.8 Å². The number of hydrogen-bond donors (Lipinski definition) is 1. The van der Waals surface area contributed by atoms with E-state index in [2.05, 4.69) is 5.32 Å². The molecule has 0 radical (unpaired) electrons. The van der Waals surface area contributed by atoms with Crippen LogP contribution in [0.1, 0.15) is 43.7 Å². The first-order valence-electron chi connectivity index (χ1n) is 10.0. The molecular weight excluding hydrogens is 354 g/mol. The van der Waals surface area contributed by atoms with Crippen molar-refractivity contribution in [3.05, 3.63) is 71.8 Å². The Kier molecular flexibility index (Phi) is 7.60. The molecule has 2 aromatic carbocycles. The van der Waals surface area contributed by atoms with Crippen molar-refractivity contribution in [1.82, 2.24) is 5.32 Å². The largest absolute Gasteiger partial charge is 0.407 e. The highest BCUT2D eigenvalue weighted by atomic mass is 16.9. The summed E-state index contributed by atoms with van der Waals surface area (Å²) in [5, 5.41) is 3.23. The van der Waals surface area contributed by atoms with Crippen molar-refractivity contribution in [3.63, 3.8) is 0 Å². The molecule has 150 valence electrons. The van der Waals surface area contributed by atoms with E-state index in [1.807, 2.05) is 67.6 Å². The first-order chi connectivity index (χ1) is 13.7. The maximum atomic E-state index is 12.8. The zero-order valence-electron chi connectivity index (χ0n) is 16.4. The topological polar surface area (TPSA) is 56.8 Å². The molecular formula is C23H29NO4. The Labute approximate surface area is 167 Å². The Bertz CT molecular complexity index is 670. The Morgan fingerprint density at radius 3 is 2.00 bits per heavy atom. The molecule has 5 nitrogen and oxygen atoms in total. The monoisotopic (exact) mass is 383 g/mol. The number of carbonyl (C=O) groups excluding carboxylic acids is 1. The van der Waals surface area contributed by atoms with E-state index >= 15 is 0 Å². The van der Waals surface area contributed by atoms with Crippen LogP contribution in [0.5, 0.6) is 0 Å². The summed E-state index contributed by atoms with van der Waals surface area (Å²) in [4.78, 5) is 12.8. The molecule has 1 unspecified atom stereocenters. The molecule has 28 heavy (non-hydrogen) atoms. The second-order valence-electron chi connectivity index (χ2n) is 7.01. The van der Waals surface area contributed by atoms with Crippen molar-refractivity contribution in [2.75, 3.05) is 6.54 Å². The zero-order chi connectivity index (χ0) is 19.7. The van der Waals surface area contributed by atoms with Crippen LogP contribution in [0, 0.1) is 0 Å². The minimum absolute atomic E-state index is 0.300. The summed E-state index contributed by atoms with van der Waals surface area (Å²) >= 11 is 0. The fourth-order valence-electron chi connectivity index (χ4n) is 3.19. The van der Waals surface area contributed by atoms with Gasteiger partial charge in [-0.15, -0.1) is 0 Å². The smallest absolute Gasteiger partial charge is 0.329 e. The first-order valence-corrected chi connectivity index (χ1v) is 10.0. The lowest BCUT2D eigenvalue weighted by molar-refractivity contribution is -0.373. The van der Waals surface area contributed by atoms with Gasteiger partial charge in [0.2, 0.25) is 0 Å². The molecule has 1 aliphatic rings. The van der Waals surface area contributed by atoms with Crippen LogP contribution in [0.3, 0.4) is 0 Å². The highest BCUT2D eigenvalue weighted by Gasteiger charge is 2.38. The number of carbonyl (C=O) groups is 1. The van der Waals surface area contributed by atoms with Crippen LogP contribution in [-0.4, -0.2) is 24.5 Å². The molecule has 1 aliphatic heterocycles. The summed E-state index contributed by atoms with van der Waals surface area (Å²) < 4.78 is 17.9. The van der Waals surface area contributed by atoms with E-state index in [-0.39, 0.29) is 12.0 Å². The van der Waals surface area contributed by atoms with Gasteiger partial charge in [-0.05, 0) is 30.5 Å². The average molecular weight is 383 g/mol. The Balaban J connectivity index is 1.70. The summed E-state index contributed by atoms with van der Waals surface area (Å²) in [5.74, 6) is -1.73. The normalized spacial score (nSPS) is 17.2.